The lowest BCUT2D eigenvalue weighted by Gasteiger charge is -2.77. The molecule has 10 atom stereocenters. The van der Waals surface area contributed by atoms with Gasteiger partial charge in [-0.25, -0.2) is 0 Å². The molecule has 0 heterocycles. The Kier molecular flexibility index (Phi) is 11.8. The van der Waals surface area contributed by atoms with E-state index in [9.17, 15) is 4.79 Å². The van der Waals surface area contributed by atoms with Gasteiger partial charge in [0, 0.05) is 31.7 Å². The lowest BCUT2D eigenvalue weighted by Crippen LogP contribution is -2.70. The van der Waals surface area contributed by atoms with E-state index in [0.717, 1.165) is 30.4 Å². The summed E-state index contributed by atoms with van der Waals surface area (Å²) >= 11 is 0. The van der Waals surface area contributed by atoms with Crippen molar-refractivity contribution in [1.29, 1.82) is 0 Å². The molecule has 0 saturated heterocycles. The highest BCUT2D eigenvalue weighted by Gasteiger charge is 2.75. The minimum Gasteiger partial charge on any atom is -0.497 e. The van der Waals surface area contributed by atoms with Gasteiger partial charge in [-0.05, 0) is 153 Å². The van der Waals surface area contributed by atoms with Crippen LogP contribution >= 0.6 is 0 Å². The van der Waals surface area contributed by atoms with Crippen molar-refractivity contribution in [1.82, 2.24) is 0 Å². The van der Waals surface area contributed by atoms with Crippen LogP contribution in [0.1, 0.15) is 138 Å². The largest absolute Gasteiger partial charge is 0.497 e. The van der Waals surface area contributed by atoms with Gasteiger partial charge in [-0.3, -0.25) is 4.79 Å². The maximum atomic E-state index is 12.0. The Morgan fingerprint density at radius 3 is 2.14 bits per heavy atom. The summed E-state index contributed by atoms with van der Waals surface area (Å²) in [6.07, 6.45) is 15.5. The van der Waals surface area contributed by atoms with Gasteiger partial charge in [0.2, 0.25) is 0 Å². The van der Waals surface area contributed by atoms with Crippen LogP contribution < -0.4 is 15.2 Å². The molecule has 0 amide bonds. The number of methoxy groups -OCH3 is 2. The molecule has 8 unspecified atom stereocenters. The van der Waals surface area contributed by atoms with E-state index < -0.39 is 0 Å². The maximum Gasteiger partial charge on any atom is 0.302 e. The smallest absolute Gasteiger partial charge is 0.302 e. The third-order valence-electron chi connectivity index (χ3n) is 16.5. The van der Waals surface area contributed by atoms with Gasteiger partial charge < -0.3 is 24.7 Å². The Balaban J connectivity index is 0.000000816. The molecule has 0 spiro atoms. The highest BCUT2D eigenvalue weighted by molar-refractivity contribution is 5.66. The molecule has 0 aliphatic heterocycles. The van der Waals surface area contributed by atoms with E-state index >= 15 is 0 Å². The van der Waals surface area contributed by atoms with Crippen molar-refractivity contribution < 1.29 is 29.4 Å². The van der Waals surface area contributed by atoms with Crippen molar-refractivity contribution in [3.63, 3.8) is 0 Å². The molecule has 0 aromatic heterocycles. The van der Waals surface area contributed by atoms with Gasteiger partial charge in [-0.15, -0.1) is 0 Å². The van der Waals surface area contributed by atoms with Crippen LogP contribution in [0.15, 0.2) is 36.4 Å². The highest BCUT2D eigenvalue weighted by Crippen LogP contribution is 2.82. The van der Waals surface area contributed by atoms with Gasteiger partial charge in [0.15, 0.2) is 0 Å². The van der Waals surface area contributed by atoms with Crippen molar-refractivity contribution >= 4 is 5.97 Å². The molecule has 296 valence electrons. The fourth-order valence-corrected chi connectivity index (χ4v) is 14.4. The van der Waals surface area contributed by atoms with E-state index in [-0.39, 0.29) is 23.2 Å². The van der Waals surface area contributed by atoms with Crippen LogP contribution in [-0.2, 0) is 14.3 Å². The zero-order valence-electron chi connectivity index (χ0n) is 34.1. The van der Waals surface area contributed by atoms with Crippen LogP contribution in [0.25, 0.3) is 0 Å². The number of hydrogen-bond donors (Lipinski definition) is 1. The number of esters is 1. The van der Waals surface area contributed by atoms with Gasteiger partial charge in [-0.2, -0.15) is 0 Å². The summed E-state index contributed by atoms with van der Waals surface area (Å²) < 4.78 is 22.3. The number of carbonyl (C=O) groups is 1. The van der Waals surface area contributed by atoms with E-state index in [4.69, 9.17) is 24.7 Å². The fraction of sp³-hybridized carbons (Fsp3) is 0.800. The summed E-state index contributed by atoms with van der Waals surface area (Å²) in [6, 6.07) is 7.42. The SMILES string of the molecule is C=C(C)[C@@H]1CCC2(COC)CC[C@@]3(C)C4(C)CCC5C(C)(C)C(OC(C)=O)CCC5(C)C4CCC3(CCC)C12.COc1ccc(OCCN)cc1.[HH].[HH].[HH].[HH]. The Morgan fingerprint density at radius 1 is 0.882 bits per heavy atom. The fourth-order valence-electron chi connectivity index (χ4n) is 14.4. The molecule has 0 radical (unpaired) electrons. The number of hydrogen-bond acceptors (Lipinski definition) is 6. The first-order chi connectivity index (χ1) is 24.1. The number of rotatable bonds is 10. The first-order valence-electron chi connectivity index (χ1n) is 20.3. The number of allylic oxidation sites excluding steroid dienone is 1. The van der Waals surface area contributed by atoms with Crippen molar-refractivity contribution in [2.24, 2.45) is 61.9 Å². The molecule has 5 fully saturated rings. The summed E-state index contributed by atoms with van der Waals surface area (Å²) in [7, 11) is 3.57. The minimum absolute atomic E-state index is 0. The maximum absolute atomic E-state index is 12.0. The molecule has 5 aliphatic rings. The first kappa shape index (κ1) is 40.1. The van der Waals surface area contributed by atoms with Gasteiger partial charge in [0.25, 0.3) is 0 Å². The quantitative estimate of drug-likeness (QED) is 0.192. The van der Waals surface area contributed by atoms with E-state index in [2.05, 4.69) is 55.0 Å². The van der Waals surface area contributed by atoms with Crippen LogP contribution in [0.5, 0.6) is 11.5 Å². The summed E-state index contributed by atoms with van der Waals surface area (Å²) in [5.74, 6) is 4.20. The summed E-state index contributed by atoms with van der Waals surface area (Å²) in [5, 5.41) is 0. The minimum atomic E-state index is -0.114. The predicted molar refractivity (Wildman–Crippen MR) is 216 cm³/mol. The second-order valence-electron chi connectivity index (χ2n) is 18.9. The molecule has 5 aliphatic carbocycles. The number of nitrogens with two attached hydrogens (primary N) is 1. The zero-order valence-corrected chi connectivity index (χ0v) is 34.1. The molecule has 6 nitrogen and oxygen atoms in total. The topological polar surface area (TPSA) is 80.0 Å². The van der Waals surface area contributed by atoms with Crippen LogP contribution in [-0.4, -0.2) is 46.1 Å². The average Bonchev–Trinajstić information content (AvgIpc) is 3.47. The summed E-state index contributed by atoms with van der Waals surface area (Å²) in [6.45, 7) is 26.0. The van der Waals surface area contributed by atoms with Crippen molar-refractivity contribution in [2.75, 3.05) is 34.0 Å². The first-order valence-corrected chi connectivity index (χ1v) is 20.3. The van der Waals surface area contributed by atoms with E-state index in [1.165, 1.54) is 76.2 Å². The van der Waals surface area contributed by atoms with E-state index in [1.54, 1.807) is 14.0 Å². The Hall–Kier alpha value is -2.05. The average molecular weight is 716 g/mol. The Morgan fingerprint density at radius 2 is 1.55 bits per heavy atom. The van der Waals surface area contributed by atoms with Crippen LogP contribution in [0.4, 0.5) is 0 Å². The Bertz CT molecular complexity index is 1400. The molecule has 2 N–H and O–H groups in total. The van der Waals surface area contributed by atoms with Crippen molar-refractivity contribution in [3.8, 4) is 11.5 Å². The lowest BCUT2D eigenvalue weighted by molar-refractivity contribution is -0.287. The highest BCUT2D eigenvalue weighted by atomic mass is 16.5. The van der Waals surface area contributed by atoms with Gasteiger partial charge in [-0.1, -0.05) is 60.1 Å². The lowest BCUT2D eigenvalue weighted by atomic mass is 9.28. The molecular weight excluding hydrogens is 634 g/mol. The van der Waals surface area contributed by atoms with Gasteiger partial charge in [0.1, 0.15) is 24.2 Å². The van der Waals surface area contributed by atoms with Crippen molar-refractivity contribution in [3.05, 3.63) is 36.4 Å². The summed E-state index contributed by atoms with van der Waals surface area (Å²) in [4.78, 5) is 12.0. The molecular formula is C45H81NO5. The van der Waals surface area contributed by atoms with Gasteiger partial charge >= 0.3 is 5.97 Å². The third kappa shape index (κ3) is 6.48. The summed E-state index contributed by atoms with van der Waals surface area (Å²) in [5.41, 5.74) is 8.37. The van der Waals surface area contributed by atoms with Crippen molar-refractivity contribution in [2.45, 2.75) is 139 Å². The van der Waals surface area contributed by atoms with E-state index in [0.29, 0.717) is 58.0 Å². The second kappa shape index (κ2) is 15.0. The van der Waals surface area contributed by atoms with Gasteiger partial charge in [0.05, 0.1) is 13.7 Å². The monoisotopic (exact) mass is 716 g/mol. The molecule has 1 aromatic carbocycles. The normalized spacial score (nSPS) is 40.6. The van der Waals surface area contributed by atoms with Crippen LogP contribution in [0, 0.1) is 56.2 Å². The molecule has 6 heteroatoms. The number of ether oxygens (including phenoxy) is 4. The van der Waals surface area contributed by atoms with Crippen LogP contribution in [0.3, 0.4) is 0 Å². The number of benzene rings is 1. The molecule has 6 rings (SSSR count). The second-order valence-corrected chi connectivity index (χ2v) is 18.9. The number of fused-ring (bicyclic) bond motifs is 7. The molecule has 0 bridgehead atoms. The number of carbonyl (C=O) groups excluding carboxylic acids is 1. The standard InChI is InChI=1S/C36H60O3.C9H13NO2.4H2/c1-11-16-36-20-14-28-32(7)17-15-29(39-25(4)37)31(5,6)27(32)13-18-33(28,8)34(36,9)21-22-35(23-38-10)19-12-26(24(2)3)30(35)36;1-11-8-2-4-9(5-3-8)12-7-6-10;;;;/h26-30H,2,11-23H2,1,3-10H3;2-5H,6-7,10H2,1H3;4*1H/t26-,27?,28?,29?,30?,32?,33?,34-,35?,36?;;;;;/m0...../s1. The molecule has 1 aromatic rings. The third-order valence-corrected chi connectivity index (χ3v) is 16.5. The molecule has 5 saturated carbocycles. The predicted octanol–water partition coefficient (Wildman–Crippen LogP) is 11.4. The Labute approximate surface area is 317 Å². The van der Waals surface area contributed by atoms with Crippen LogP contribution in [0.2, 0.25) is 0 Å². The zero-order chi connectivity index (χ0) is 37.5. The molecule has 51 heavy (non-hydrogen) atoms. The van der Waals surface area contributed by atoms with E-state index in [1.807, 2.05) is 31.4 Å².